The lowest BCUT2D eigenvalue weighted by Crippen LogP contribution is -2.18. The van der Waals surface area contributed by atoms with Crippen LogP contribution in [-0.4, -0.2) is 15.6 Å². The Kier molecular flexibility index (Phi) is 3.79. The maximum atomic E-state index is 5.84. The Morgan fingerprint density at radius 3 is 2.82 bits per heavy atom. The number of nitrogens with two attached hydrogens (primary N) is 1. The van der Waals surface area contributed by atoms with Crippen molar-refractivity contribution in [1.29, 1.82) is 0 Å². The molecule has 1 aromatic heterocycles. The Labute approximate surface area is 103 Å². The third kappa shape index (κ3) is 2.67. The number of benzene rings is 1. The van der Waals surface area contributed by atoms with Crippen molar-refractivity contribution >= 4 is 11.0 Å². The highest BCUT2D eigenvalue weighted by Gasteiger charge is 2.09. The van der Waals surface area contributed by atoms with Crippen LogP contribution in [0.15, 0.2) is 24.3 Å². The summed E-state index contributed by atoms with van der Waals surface area (Å²) < 4.78 is 2.32. The van der Waals surface area contributed by atoms with E-state index in [4.69, 9.17) is 10.7 Å². The van der Waals surface area contributed by atoms with E-state index in [1.807, 2.05) is 6.07 Å². The first-order valence-electron chi connectivity index (χ1n) is 6.42. The molecule has 1 unspecified atom stereocenters. The van der Waals surface area contributed by atoms with E-state index in [0.717, 1.165) is 31.3 Å². The molecule has 0 radical (unpaired) electrons. The SMILES string of the molecule is CCCc1nc2ccccc2n1CCC(C)N. The van der Waals surface area contributed by atoms with Gasteiger partial charge in [-0.15, -0.1) is 0 Å². The van der Waals surface area contributed by atoms with Crippen molar-refractivity contribution in [3.05, 3.63) is 30.1 Å². The second-order valence-electron chi connectivity index (χ2n) is 4.68. The smallest absolute Gasteiger partial charge is 0.109 e. The Morgan fingerprint density at radius 1 is 1.35 bits per heavy atom. The van der Waals surface area contributed by atoms with Gasteiger partial charge in [-0.2, -0.15) is 0 Å². The minimum atomic E-state index is 0.241. The van der Waals surface area contributed by atoms with E-state index in [1.54, 1.807) is 0 Å². The standard InChI is InChI=1S/C14H21N3/c1-3-6-14-16-12-7-4-5-8-13(12)17(14)10-9-11(2)15/h4-5,7-8,11H,3,6,9-10,15H2,1-2H3. The van der Waals surface area contributed by atoms with Gasteiger partial charge in [0.05, 0.1) is 11.0 Å². The first kappa shape index (κ1) is 12.1. The molecule has 0 saturated carbocycles. The molecule has 0 bridgehead atoms. The van der Waals surface area contributed by atoms with Crippen molar-refractivity contribution in [3.8, 4) is 0 Å². The van der Waals surface area contributed by atoms with Gasteiger partial charge in [-0.05, 0) is 31.9 Å². The highest BCUT2D eigenvalue weighted by molar-refractivity contribution is 5.75. The van der Waals surface area contributed by atoms with E-state index in [9.17, 15) is 0 Å². The number of nitrogens with zero attached hydrogens (tertiary/aromatic N) is 2. The second kappa shape index (κ2) is 5.32. The van der Waals surface area contributed by atoms with Gasteiger partial charge in [-0.1, -0.05) is 19.1 Å². The van der Waals surface area contributed by atoms with Crippen LogP contribution >= 0.6 is 0 Å². The van der Waals surface area contributed by atoms with Crippen LogP contribution in [0.3, 0.4) is 0 Å². The van der Waals surface area contributed by atoms with Crippen molar-refractivity contribution in [2.45, 2.75) is 45.7 Å². The molecule has 1 heterocycles. The molecule has 0 fully saturated rings. The molecular weight excluding hydrogens is 210 g/mol. The van der Waals surface area contributed by atoms with Crippen molar-refractivity contribution in [2.75, 3.05) is 0 Å². The fraction of sp³-hybridized carbons (Fsp3) is 0.500. The molecule has 0 amide bonds. The number of para-hydroxylation sites is 2. The average Bonchev–Trinajstić information content (AvgIpc) is 2.64. The number of rotatable bonds is 5. The molecule has 92 valence electrons. The second-order valence-corrected chi connectivity index (χ2v) is 4.68. The van der Waals surface area contributed by atoms with E-state index in [2.05, 4.69) is 36.6 Å². The molecule has 0 saturated heterocycles. The zero-order valence-electron chi connectivity index (χ0n) is 10.7. The number of aromatic nitrogens is 2. The van der Waals surface area contributed by atoms with E-state index >= 15 is 0 Å². The Morgan fingerprint density at radius 2 is 2.12 bits per heavy atom. The summed E-state index contributed by atoms with van der Waals surface area (Å²) in [5.74, 6) is 1.19. The minimum Gasteiger partial charge on any atom is -0.328 e. The first-order valence-corrected chi connectivity index (χ1v) is 6.42. The Hall–Kier alpha value is -1.35. The van der Waals surface area contributed by atoms with Crippen LogP contribution < -0.4 is 5.73 Å². The fourth-order valence-electron chi connectivity index (χ4n) is 2.12. The van der Waals surface area contributed by atoms with Crippen molar-refractivity contribution in [1.82, 2.24) is 9.55 Å². The number of fused-ring (bicyclic) bond motifs is 1. The van der Waals surface area contributed by atoms with Gasteiger partial charge in [0, 0.05) is 19.0 Å². The summed E-state index contributed by atoms with van der Waals surface area (Å²) >= 11 is 0. The molecule has 0 aliphatic rings. The van der Waals surface area contributed by atoms with Gasteiger partial charge in [-0.25, -0.2) is 4.98 Å². The zero-order valence-corrected chi connectivity index (χ0v) is 10.7. The van der Waals surface area contributed by atoms with E-state index in [0.29, 0.717) is 0 Å². The highest BCUT2D eigenvalue weighted by atomic mass is 15.1. The topological polar surface area (TPSA) is 43.8 Å². The molecule has 2 rings (SSSR count). The lowest BCUT2D eigenvalue weighted by atomic mass is 10.2. The van der Waals surface area contributed by atoms with Gasteiger partial charge < -0.3 is 10.3 Å². The maximum Gasteiger partial charge on any atom is 0.109 e. The molecule has 0 aliphatic heterocycles. The maximum absolute atomic E-state index is 5.84. The van der Waals surface area contributed by atoms with Crippen LogP contribution in [0.5, 0.6) is 0 Å². The molecule has 3 heteroatoms. The van der Waals surface area contributed by atoms with Crippen LogP contribution in [-0.2, 0) is 13.0 Å². The molecular formula is C14H21N3. The van der Waals surface area contributed by atoms with Gasteiger partial charge in [0.25, 0.3) is 0 Å². The van der Waals surface area contributed by atoms with Crippen molar-refractivity contribution in [3.63, 3.8) is 0 Å². The molecule has 17 heavy (non-hydrogen) atoms. The number of imidazole rings is 1. The zero-order chi connectivity index (χ0) is 12.3. The lowest BCUT2D eigenvalue weighted by molar-refractivity contribution is 0.561. The molecule has 0 spiro atoms. The molecule has 1 aromatic carbocycles. The van der Waals surface area contributed by atoms with E-state index in [-0.39, 0.29) is 6.04 Å². The predicted octanol–water partition coefficient (Wildman–Crippen LogP) is 2.73. The third-order valence-electron chi connectivity index (χ3n) is 3.02. The third-order valence-corrected chi connectivity index (χ3v) is 3.02. The van der Waals surface area contributed by atoms with Gasteiger partial charge in [0.15, 0.2) is 0 Å². The minimum absolute atomic E-state index is 0.241. The van der Waals surface area contributed by atoms with Gasteiger partial charge >= 0.3 is 0 Å². The largest absolute Gasteiger partial charge is 0.328 e. The fourth-order valence-corrected chi connectivity index (χ4v) is 2.12. The number of hydrogen-bond acceptors (Lipinski definition) is 2. The molecule has 2 aromatic rings. The number of hydrogen-bond donors (Lipinski definition) is 1. The summed E-state index contributed by atoms with van der Waals surface area (Å²) in [6.07, 6.45) is 3.16. The van der Waals surface area contributed by atoms with Crippen LogP contribution in [0, 0.1) is 0 Å². The predicted molar refractivity (Wildman–Crippen MR) is 72.0 cm³/mol. The summed E-state index contributed by atoms with van der Waals surface area (Å²) in [5, 5.41) is 0. The molecule has 3 nitrogen and oxygen atoms in total. The van der Waals surface area contributed by atoms with Crippen molar-refractivity contribution in [2.24, 2.45) is 5.73 Å². The molecule has 0 aliphatic carbocycles. The summed E-state index contributed by atoms with van der Waals surface area (Å²) in [6.45, 7) is 5.21. The Bertz CT molecular complexity index is 485. The molecule has 2 N–H and O–H groups in total. The Balaban J connectivity index is 2.37. The van der Waals surface area contributed by atoms with Crippen LogP contribution in [0.4, 0.5) is 0 Å². The molecule has 1 atom stereocenters. The van der Waals surface area contributed by atoms with Crippen LogP contribution in [0.25, 0.3) is 11.0 Å². The summed E-state index contributed by atoms with van der Waals surface area (Å²) in [4.78, 5) is 4.70. The summed E-state index contributed by atoms with van der Waals surface area (Å²) in [5.41, 5.74) is 8.17. The first-order chi connectivity index (χ1) is 8.22. The average molecular weight is 231 g/mol. The normalized spacial score (nSPS) is 13.1. The lowest BCUT2D eigenvalue weighted by Gasteiger charge is -2.10. The summed E-state index contributed by atoms with van der Waals surface area (Å²) in [7, 11) is 0. The monoisotopic (exact) mass is 231 g/mol. The number of aryl methyl sites for hydroxylation is 2. The summed E-state index contributed by atoms with van der Waals surface area (Å²) in [6, 6.07) is 8.58. The van der Waals surface area contributed by atoms with Gasteiger partial charge in [0.2, 0.25) is 0 Å². The quantitative estimate of drug-likeness (QED) is 0.860. The van der Waals surface area contributed by atoms with Crippen LogP contribution in [0.2, 0.25) is 0 Å². The van der Waals surface area contributed by atoms with Crippen molar-refractivity contribution < 1.29 is 0 Å². The van der Waals surface area contributed by atoms with E-state index in [1.165, 1.54) is 11.3 Å². The van der Waals surface area contributed by atoms with E-state index < -0.39 is 0 Å². The highest BCUT2D eigenvalue weighted by Crippen LogP contribution is 2.17. The van der Waals surface area contributed by atoms with Gasteiger partial charge in [-0.3, -0.25) is 0 Å². The van der Waals surface area contributed by atoms with Crippen LogP contribution in [0.1, 0.15) is 32.5 Å². The van der Waals surface area contributed by atoms with Gasteiger partial charge in [0.1, 0.15) is 5.82 Å².